The van der Waals surface area contributed by atoms with E-state index in [1.165, 1.54) is 6.33 Å². The molecule has 1 aliphatic rings. The first-order chi connectivity index (χ1) is 9.04. The van der Waals surface area contributed by atoms with Gasteiger partial charge in [0.25, 0.3) is 0 Å². The van der Waals surface area contributed by atoms with Crippen LogP contribution in [0.15, 0.2) is 6.33 Å². The van der Waals surface area contributed by atoms with Crippen LogP contribution in [-0.4, -0.2) is 41.2 Å². The van der Waals surface area contributed by atoms with Crippen LogP contribution >= 0.6 is 0 Å². The molecule has 1 fully saturated rings. The second-order valence-electron chi connectivity index (χ2n) is 4.94. The van der Waals surface area contributed by atoms with Gasteiger partial charge in [-0.05, 0) is 19.8 Å². The Kier molecular flexibility index (Phi) is 3.59. The van der Waals surface area contributed by atoms with Crippen LogP contribution in [0.4, 0.5) is 5.82 Å². The van der Waals surface area contributed by atoms with Crippen molar-refractivity contribution in [1.82, 2.24) is 9.97 Å². The minimum Gasteiger partial charge on any atom is -0.481 e. The van der Waals surface area contributed by atoms with E-state index < -0.39 is 11.4 Å². The average molecular weight is 265 g/mol. The zero-order valence-corrected chi connectivity index (χ0v) is 11.5. The van der Waals surface area contributed by atoms with Gasteiger partial charge in [-0.1, -0.05) is 6.92 Å². The minimum absolute atomic E-state index is 0.486. The van der Waals surface area contributed by atoms with E-state index in [0.717, 1.165) is 11.4 Å². The summed E-state index contributed by atoms with van der Waals surface area (Å²) in [6, 6.07) is 0. The molecule has 1 atom stereocenters. The quantitative estimate of drug-likeness (QED) is 0.888. The Labute approximate surface area is 112 Å². The summed E-state index contributed by atoms with van der Waals surface area (Å²) in [5.41, 5.74) is 0.187. The van der Waals surface area contributed by atoms with Crippen molar-refractivity contribution in [2.24, 2.45) is 5.41 Å². The molecule has 19 heavy (non-hydrogen) atoms. The van der Waals surface area contributed by atoms with Gasteiger partial charge < -0.3 is 14.7 Å². The van der Waals surface area contributed by atoms with Crippen LogP contribution in [0.3, 0.4) is 0 Å². The fourth-order valence-corrected chi connectivity index (χ4v) is 2.62. The first-order valence-corrected chi connectivity index (χ1v) is 6.38. The third-order valence-electron chi connectivity index (χ3n) is 3.99. The maximum Gasteiger partial charge on any atom is 0.311 e. The molecule has 6 nitrogen and oxygen atoms in total. The average Bonchev–Trinajstić information content (AvgIpc) is 2.84. The Morgan fingerprint density at radius 2 is 2.32 bits per heavy atom. The van der Waals surface area contributed by atoms with Crippen molar-refractivity contribution >= 4 is 11.8 Å². The Bertz CT molecular complexity index is 492. The predicted octanol–water partition coefficient (Wildman–Crippen LogP) is 1.48. The van der Waals surface area contributed by atoms with Gasteiger partial charge in [0, 0.05) is 13.1 Å². The number of carboxylic acids is 1. The van der Waals surface area contributed by atoms with E-state index in [0.29, 0.717) is 31.8 Å². The Morgan fingerprint density at radius 1 is 1.58 bits per heavy atom. The summed E-state index contributed by atoms with van der Waals surface area (Å²) in [4.78, 5) is 21.8. The lowest BCUT2D eigenvalue weighted by atomic mass is 9.84. The molecule has 0 spiro atoms. The molecule has 6 heteroatoms. The summed E-state index contributed by atoms with van der Waals surface area (Å²) in [7, 11) is 1.57. The molecular formula is C13H19N3O3. The van der Waals surface area contributed by atoms with Gasteiger partial charge in [-0.2, -0.15) is 0 Å². The van der Waals surface area contributed by atoms with Crippen LogP contribution in [0.1, 0.15) is 25.3 Å². The highest BCUT2D eigenvalue weighted by Crippen LogP contribution is 2.37. The van der Waals surface area contributed by atoms with Crippen molar-refractivity contribution < 1.29 is 14.6 Å². The number of hydrogen-bond acceptors (Lipinski definition) is 5. The highest BCUT2D eigenvalue weighted by molar-refractivity contribution is 5.76. The molecule has 104 valence electrons. The number of hydrogen-bond donors (Lipinski definition) is 1. The molecular weight excluding hydrogens is 246 g/mol. The Morgan fingerprint density at radius 3 is 2.84 bits per heavy atom. The SMILES string of the molecule is CCC1(C(=O)O)CCN(c2ncnc(OC)c2C)C1. The van der Waals surface area contributed by atoms with Gasteiger partial charge in [-0.15, -0.1) is 0 Å². The van der Waals surface area contributed by atoms with E-state index in [2.05, 4.69) is 9.97 Å². The number of anilines is 1. The molecule has 1 unspecified atom stereocenters. The number of nitrogens with zero attached hydrogens (tertiary/aromatic N) is 3. The molecule has 1 aromatic heterocycles. The van der Waals surface area contributed by atoms with E-state index in [-0.39, 0.29) is 0 Å². The third kappa shape index (κ3) is 2.22. The minimum atomic E-state index is -0.726. The largest absolute Gasteiger partial charge is 0.481 e. The Hall–Kier alpha value is -1.85. The second-order valence-corrected chi connectivity index (χ2v) is 4.94. The first-order valence-electron chi connectivity index (χ1n) is 6.38. The number of rotatable bonds is 4. The highest BCUT2D eigenvalue weighted by Gasteiger charge is 2.44. The van der Waals surface area contributed by atoms with Crippen molar-refractivity contribution in [3.63, 3.8) is 0 Å². The van der Waals surface area contributed by atoms with E-state index in [1.807, 2.05) is 18.7 Å². The van der Waals surface area contributed by atoms with Crippen LogP contribution in [0.5, 0.6) is 5.88 Å². The number of ether oxygens (including phenoxy) is 1. The van der Waals surface area contributed by atoms with Crippen molar-refractivity contribution in [3.8, 4) is 5.88 Å². The summed E-state index contributed by atoms with van der Waals surface area (Å²) in [5.74, 6) is 0.578. The summed E-state index contributed by atoms with van der Waals surface area (Å²) in [5, 5.41) is 9.41. The van der Waals surface area contributed by atoms with E-state index in [1.54, 1.807) is 7.11 Å². The van der Waals surface area contributed by atoms with Crippen molar-refractivity contribution in [1.29, 1.82) is 0 Å². The van der Waals surface area contributed by atoms with E-state index in [4.69, 9.17) is 4.74 Å². The normalized spacial score (nSPS) is 22.6. The topological polar surface area (TPSA) is 75.5 Å². The number of carboxylic acid groups (broad SMARTS) is 1. The molecule has 0 saturated carbocycles. The lowest BCUT2D eigenvalue weighted by Gasteiger charge is -2.24. The molecule has 0 amide bonds. The standard InChI is InChI=1S/C13H19N3O3/c1-4-13(12(17)18)5-6-16(7-13)10-9(2)11(19-3)15-8-14-10/h8H,4-7H2,1-3H3,(H,17,18). The fourth-order valence-electron chi connectivity index (χ4n) is 2.62. The zero-order valence-electron chi connectivity index (χ0n) is 11.5. The molecule has 0 aromatic carbocycles. The molecule has 0 aliphatic carbocycles. The molecule has 1 aromatic rings. The van der Waals surface area contributed by atoms with Gasteiger partial charge in [-0.3, -0.25) is 4.79 Å². The van der Waals surface area contributed by atoms with Crippen molar-refractivity contribution in [2.45, 2.75) is 26.7 Å². The van der Waals surface area contributed by atoms with Gasteiger partial charge >= 0.3 is 5.97 Å². The molecule has 1 N–H and O–H groups in total. The monoisotopic (exact) mass is 265 g/mol. The number of carbonyl (C=O) groups is 1. The van der Waals surface area contributed by atoms with E-state index in [9.17, 15) is 9.90 Å². The summed E-state index contributed by atoms with van der Waals surface area (Å²) >= 11 is 0. The van der Waals surface area contributed by atoms with Crippen LogP contribution in [0.25, 0.3) is 0 Å². The van der Waals surface area contributed by atoms with Gasteiger partial charge in [0.15, 0.2) is 0 Å². The molecule has 2 heterocycles. The molecule has 0 bridgehead atoms. The smallest absolute Gasteiger partial charge is 0.311 e. The number of aliphatic carboxylic acids is 1. The fraction of sp³-hybridized carbons (Fsp3) is 0.615. The van der Waals surface area contributed by atoms with Crippen LogP contribution in [0.2, 0.25) is 0 Å². The van der Waals surface area contributed by atoms with Crippen LogP contribution in [0, 0.1) is 12.3 Å². The molecule has 1 saturated heterocycles. The van der Waals surface area contributed by atoms with Crippen LogP contribution in [-0.2, 0) is 4.79 Å². The van der Waals surface area contributed by atoms with Gasteiger partial charge in [-0.25, -0.2) is 9.97 Å². The third-order valence-corrected chi connectivity index (χ3v) is 3.99. The molecule has 1 aliphatic heterocycles. The second kappa shape index (κ2) is 5.03. The predicted molar refractivity (Wildman–Crippen MR) is 70.5 cm³/mol. The lowest BCUT2D eigenvalue weighted by Crippen LogP contribution is -2.34. The van der Waals surface area contributed by atoms with Crippen molar-refractivity contribution in [2.75, 3.05) is 25.1 Å². The summed E-state index contributed by atoms with van der Waals surface area (Å²) in [6.45, 7) is 4.99. The van der Waals surface area contributed by atoms with Crippen LogP contribution < -0.4 is 9.64 Å². The highest BCUT2D eigenvalue weighted by atomic mass is 16.5. The molecule has 2 rings (SSSR count). The molecule has 0 radical (unpaired) electrons. The van der Waals surface area contributed by atoms with Gasteiger partial charge in [0.1, 0.15) is 12.1 Å². The van der Waals surface area contributed by atoms with E-state index >= 15 is 0 Å². The van der Waals surface area contributed by atoms with Gasteiger partial charge in [0.05, 0.1) is 18.1 Å². The van der Waals surface area contributed by atoms with Gasteiger partial charge in [0.2, 0.25) is 5.88 Å². The maximum absolute atomic E-state index is 11.5. The maximum atomic E-state index is 11.5. The summed E-state index contributed by atoms with van der Waals surface area (Å²) < 4.78 is 5.18. The number of methoxy groups -OCH3 is 1. The lowest BCUT2D eigenvalue weighted by molar-refractivity contribution is -0.147. The number of aromatic nitrogens is 2. The first kappa shape index (κ1) is 13.6. The zero-order chi connectivity index (χ0) is 14.0. The Balaban J connectivity index is 2.29. The summed E-state index contributed by atoms with van der Waals surface area (Å²) in [6.07, 6.45) is 2.72. The van der Waals surface area contributed by atoms with Crippen molar-refractivity contribution in [3.05, 3.63) is 11.9 Å².